The van der Waals surface area contributed by atoms with Crippen LogP contribution in [0.25, 0.3) is 0 Å². The molecule has 8 heteroatoms. The summed E-state index contributed by atoms with van der Waals surface area (Å²) in [5, 5.41) is 22.4. The number of nitro groups is 1. The third-order valence-corrected chi connectivity index (χ3v) is 3.53. The van der Waals surface area contributed by atoms with Crippen molar-refractivity contribution in [2.24, 2.45) is 0 Å². The van der Waals surface area contributed by atoms with Crippen LogP contribution in [0.3, 0.4) is 0 Å². The van der Waals surface area contributed by atoms with Crippen molar-refractivity contribution < 1.29 is 23.9 Å². The quantitative estimate of drug-likeness (QED) is 0.595. The van der Waals surface area contributed by atoms with Gasteiger partial charge in [-0.1, -0.05) is 6.07 Å². The third kappa shape index (κ3) is 4.76. The molecule has 2 rings (SSSR count). The van der Waals surface area contributed by atoms with Crippen LogP contribution in [-0.2, 0) is 11.3 Å². The van der Waals surface area contributed by atoms with Gasteiger partial charge in [0.15, 0.2) is 5.75 Å². The average molecular weight is 327 g/mol. The van der Waals surface area contributed by atoms with E-state index in [1.807, 2.05) is 17.5 Å². The maximum Gasteiger partial charge on any atom is 0.311 e. The second kappa shape index (κ2) is 7.83. The first-order valence-corrected chi connectivity index (χ1v) is 7.29. The van der Waals surface area contributed by atoms with Gasteiger partial charge in [-0.05, 0) is 17.5 Å². The molecule has 118 valence electrons. The van der Waals surface area contributed by atoms with Gasteiger partial charge in [0.05, 0.1) is 18.1 Å². The summed E-state index contributed by atoms with van der Waals surface area (Å²) in [6.07, 6.45) is -0.970. The van der Waals surface area contributed by atoms with Crippen molar-refractivity contribution in [3.63, 3.8) is 0 Å². The first kappa shape index (κ1) is 16.3. The molecule has 0 bridgehead atoms. The van der Waals surface area contributed by atoms with Gasteiger partial charge >= 0.3 is 5.69 Å². The first-order chi connectivity index (χ1) is 10.6. The minimum Gasteiger partial charge on any atom is -0.484 e. The molecule has 0 fully saturated rings. The zero-order valence-electron chi connectivity index (χ0n) is 11.5. The highest BCUT2D eigenvalue weighted by Gasteiger charge is 2.17. The smallest absolute Gasteiger partial charge is 0.311 e. The standard InChI is InChI=1S/C14H14FNO5S/c15-10-3-4-13(16(18)19)14(6-10)21-8-11(17)7-20-9-12-2-1-5-22-12/h1-6,11,17H,7-9H2. The van der Waals surface area contributed by atoms with E-state index in [2.05, 4.69) is 0 Å². The molecule has 0 aliphatic carbocycles. The van der Waals surface area contributed by atoms with Gasteiger partial charge in [0.1, 0.15) is 18.5 Å². The predicted octanol–water partition coefficient (Wildman–Crippen LogP) is 2.75. The molecule has 0 saturated heterocycles. The fourth-order valence-corrected chi connectivity index (χ4v) is 2.32. The maximum atomic E-state index is 13.1. The van der Waals surface area contributed by atoms with Gasteiger partial charge in [-0.25, -0.2) is 4.39 Å². The predicted molar refractivity (Wildman–Crippen MR) is 78.5 cm³/mol. The normalized spacial score (nSPS) is 12.1. The minimum atomic E-state index is -0.970. The molecule has 1 N–H and O–H groups in total. The Bertz CT molecular complexity index is 620. The van der Waals surface area contributed by atoms with Crippen molar-refractivity contribution in [1.82, 2.24) is 0 Å². The van der Waals surface area contributed by atoms with Crippen LogP contribution in [-0.4, -0.2) is 29.3 Å². The van der Waals surface area contributed by atoms with Gasteiger partial charge in [-0.3, -0.25) is 10.1 Å². The molecule has 0 aliphatic rings. The molecular formula is C14H14FNO5S. The lowest BCUT2D eigenvalue weighted by atomic mass is 10.3. The summed E-state index contributed by atoms with van der Waals surface area (Å²) in [5.41, 5.74) is -0.354. The van der Waals surface area contributed by atoms with Crippen molar-refractivity contribution in [3.8, 4) is 5.75 Å². The van der Waals surface area contributed by atoms with E-state index in [4.69, 9.17) is 9.47 Å². The van der Waals surface area contributed by atoms with Gasteiger partial charge < -0.3 is 14.6 Å². The highest BCUT2D eigenvalue weighted by atomic mass is 32.1. The molecule has 1 aromatic carbocycles. The Kier molecular flexibility index (Phi) is 5.82. The van der Waals surface area contributed by atoms with E-state index in [9.17, 15) is 19.6 Å². The van der Waals surface area contributed by atoms with Crippen LogP contribution < -0.4 is 4.74 Å². The number of nitro benzene ring substituents is 1. The fourth-order valence-electron chi connectivity index (χ4n) is 1.68. The van der Waals surface area contributed by atoms with E-state index in [1.165, 1.54) is 11.3 Å². The molecule has 0 saturated carbocycles. The molecule has 1 aromatic heterocycles. The first-order valence-electron chi connectivity index (χ1n) is 6.41. The van der Waals surface area contributed by atoms with Crippen LogP contribution in [0.5, 0.6) is 5.75 Å². The number of thiophene rings is 1. The lowest BCUT2D eigenvalue weighted by Crippen LogP contribution is -2.23. The Morgan fingerprint density at radius 3 is 2.86 bits per heavy atom. The zero-order valence-corrected chi connectivity index (χ0v) is 12.3. The molecule has 0 aliphatic heterocycles. The minimum absolute atomic E-state index is 0.0149. The topological polar surface area (TPSA) is 81.8 Å². The van der Waals surface area contributed by atoms with E-state index < -0.39 is 16.8 Å². The Labute approximate surface area is 129 Å². The summed E-state index contributed by atoms with van der Waals surface area (Å²) in [6.45, 7) is 0.157. The number of ether oxygens (including phenoxy) is 2. The molecule has 0 spiro atoms. The van der Waals surface area contributed by atoms with E-state index >= 15 is 0 Å². The number of benzene rings is 1. The highest BCUT2D eigenvalue weighted by Crippen LogP contribution is 2.27. The molecular weight excluding hydrogens is 313 g/mol. The Morgan fingerprint density at radius 1 is 1.36 bits per heavy atom. The van der Waals surface area contributed by atoms with Crippen LogP contribution in [0.2, 0.25) is 0 Å². The van der Waals surface area contributed by atoms with Crippen LogP contribution in [0.1, 0.15) is 4.88 Å². The molecule has 6 nitrogen and oxygen atoms in total. The largest absolute Gasteiger partial charge is 0.484 e. The lowest BCUT2D eigenvalue weighted by molar-refractivity contribution is -0.386. The molecule has 1 unspecified atom stereocenters. The maximum absolute atomic E-state index is 13.1. The zero-order chi connectivity index (χ0) is 15.9. The number of nitrogens with zero attached hydrogens (tertiary/aromatic N) is 1. The number of hydrogen-bond acceptors (Lipinski definition) is 6. The summed E-state index contributed by atoms with van der Waals surface area (Å²) in [7, 11) is 0. The van der Waals surface area contributed by atoms with E-state index in [-0.39, 0.29) is 24.7 Å². The van der Waals surface area contributed by atoms with E-state index in [0.29, 0.717) is 6.61 Å². The van der Waals surface area contributed by atoms with E-state index in [0.717, 1.165) is 23.1 Å². The van der Waals surface area contributed by atoms with Crippen LogP contribution >= 0.6 is 11.3 Å². The number of halogens is 1. The molecule has 0 amide bonds. The molecule has 0 radical (unpaired) electrons. The SMILES string of the molecule is O=[N+]([O-])c1ccc(F)cc1OCC(O)COCc1cccs1. The van der Waals surface area contributed by atoms with Crippen molar-refractivity contribution >= 4 is 17.0 Å². The van der Waals surface area contributed by atoms with Crippen molar-refractivity contribution in [3.05, 3.63) is 56.5 Å². The second-order valence-electron chi connectivity index (χ2n) is 4.43. The summed E-state index contributed by atoms with van der Waals surface area (Å²) in [4.78, 5) is 11.1. The van der Waals surface area contributed by atoms with Gasteiger partial charge in [-0.15, -0.1) is 11.3 Å². The third-order valence-electron chi connectivity index (χ3n) is 2.68. The number of aliphatic hydroxyl groups excluding tert-OH is 1. The summed E-state index contributed by atoms with van der Waals surface area (Å²) >= 11 is 1.54. The van der Waals surface area contributed by atoms with Gasteiger partial charge in [0, 0.05) is 17.0 Å². The number of rotatable bonds is 8. The highest BCUT2D eigenvalue weighted by molar-refractivity contribution is 7.09. The Balaban J connectivity index is 1.81. The summed E-state index contributed by atoms with van der Waals surface area (Å²) in [5.74, 6) is -0.869. The van der Waals surface area contributed by atoms with Gasteiger partial charge in [0.25, 0.3) is 0 Å². The van der Waals surface area contributed by atoms with Crippen molar-refractivity contribution in [2.75, 3.05) is 13.2 Å². The monoisotopic (exact) mass is 327 g/mol. The molecule has 2 aromatic rings. The fraction of sp³-hybridized carbons (Fsp3) is 0.286. The Hall–Kier alpha value is -2.03. The Morgan fingerprint density at radius 2 is 2.18 bits per heavy atom. The van der Waals surface area contributed by atoms with Crippen molar-refractivity contribution in [1.29, 1.82) is 0 Å². The van der Waals surface area contributed by atoms with Gasteiger partial charge in [-0.2, -0.15) is 0 Å². The second-order valence-corrected chi connectivity index (χ2v) is 5.46. The van der Waals surface area contributed by atoms with Crippen LogP contribution in [0.4, 0.5) is 10.1 Å². The van der Waals surface area contributed by atoms with E-state index in [1.54, 1.807) is 0 Å². The molecule has 1 heterocycles. The summed E-state index contributed by atoms with van der Waals surface area (Å²) < 4.78 is 23.5. The lowest BCUT2D eigenvalue weighted by Gasteiger charge is -2.12. The van der Waals surface area contributed by atoms with Crippen LogP contribution in [0.15, 0.2) is 35.7 Å². The van der Waals surface area contributed by atoms with Gasteiger partial charge in [0.2, 0.25) is 0 Å². The van der Waals surface area contributed by atoms with Crippen LogP contribution in [0, 0.1) is 15.9 Å². The molecule has 1 atom stereocenters. The molecule has 22 heavy (non-hydrogen) atoms. The average Bonchev–Trinajstić information content (AvgIpc) is 2.98. The number of aliphatic hydroxyl groups is 1. The number of hydrogen-bond donors (Lipinski definition) is 1. The summed E-state index contributed by atoms with van der Waals surface area (Å²) in [6, 6.07) is 6.71. The van der Waals surface area contributed by atoms with Crippen molar-refractivity contribution in [2.45, 2.75) is 12.7 Å².